The number of carbonyl (C=O) groups is 1. The van der Waals surface area contributed by atoms with Crippen molar-refractivity contribution in [3.63, 3.8) is 0 Å². The number of anilines is 1. The predicted molar refractivity (Wildman–Crippen MR) is 112 cm³/mol. The number of hydrogen-bond acceptors (Lipinski definition) is 6. The molecule has 0 aliphatic carbocycles. The number of carbonyl (C=O) groups excluding carboxylic acids is 1. The highest BCUT2D eigenvalue weighted by atomic mass is 32.2. The lowest BCUT2D eigenvalue weighted by Crippen LogP contribution is -2.36. The summed E-state index contributed by atoms with van der Waals surface area (Å²) in [4.78, 5) is 15.9. The third-order valence-electron chi connectivity index (χ3n) is 4.74. The minimum absolute atomic E-state index is 0.0864. The molecule has 140 valence electrons. The van der Waals surface area contributed by atoms with Crippen LogP contribution >= 0.6 is 23.1 Å². The van der Waals surface area contributed by atoms with Crippen LogP contribution in [0.1, 0.15) is 12.0 Å². The number of para-hydroxylation sites is 1. The van der Waals surface area contributed by atoms with Crippen LogP contribution in [-0.2, 0) is 11.2 Å². The fraction of sp³-hybridized carbons (Fsp3) is 0.200. The van der Waals surface area contributed by atoms with Crippen molar-refractivity contribution < 1.29 is 4.79 Å². The first-order valence-corrected chi connectivity index (χ1v) is 10.9. The van der Waals surface area contributed by atoms with Crippen molar-refractivity contribution in [1.82, 2.24) is 19.8 Å². The van der Waals surface area contributed by atoms with Gasteiger partial charge in [0.15, 0.2) is 5.65 Å². The van der Waals surface area contributed by atoms with E-state index in [1.807, 2.05) is 52.7 Å². The van der Waals surface area contributed by atoms with Gasteiger partial charge in [0.25, 0.3) is 0 Å². The summed E-state index contributed by atoms with van der Waals surface area (Å²) in [6, 6.07) is 16.0. The molecular weight excluding hydrogens is 390 g/mol. The third kappa shape index (κ3) is 3.18. The Morgan fingerprint density at radius 1 is 1.11 bits per heavy atom. The quantitative estimate of drug-likeness (QED) is 0.480. The number of thioether (sulfide) groups is 1. The fourth-order valence-corrected chi connectivity index (χ4v) is 4.87. The van der Waals surface area contributed by atoms with Gasteiger partial charge >= 0.3 is 0 Å². The molecule has 28 heavy (non-hydrogen) atoms. The maximum atomic E-state index is 12.9. The van der Waals surface area contributed by atoms with Crippen molar-refractivity contribution in [3.05, 3.63) is 59.5 Å². The molecule has 8 heteroatoms. The van der Waals surface area contributed by atoms with Gasteiger partial charge in [-0.15, -0.1) is 21.5 Å². The molecule has 0 fully saturated rings. The van der Waals surface area contributed by atoms with E-state index < -0.39 is 0 Å². The minimum Gasteiger partial charge on any atom is -0.311 e. The summed E-state index contributed by atoms with van der Waals surface area (Å²) in [5, 5.41) is 15.7. The van der Waals surface area contributed by atoms with Crippen LogP contribution in [0.3, 0.4) is 0 Å². The monoisotopic (exact) mass is 407 g/mol. The summed E-state index contributed by atoms with van der Waals surface area (Å²) < 4.78 is 1.72. The fourth-order valence-electron chi connectivity index (χ4n) is 3.41. The zero-order valence-corrected chi connectivity index (χ0v) is 16.6. The van der Waals surface area contributed by atoms with E-state index in [1.165, 1.54) is 17.3 Å². The normalized spacial score (nSPS) is 13.6. The number of rotatable bonds is 4. The van der Waals surface area contributed by atoms with Crippen LogP contribution in [0, 0.1) is 0 Å². The number of thiophene rings is 1. The molecular formula is C20H17N5OS2. The van der Waals surface area contributed by atoms with E-state index in [-0.39, 0.29) is 5.91 Å². The van der Waals surface area contributed by atoms with Gasteiger partial charge in [-0.25, -0.2) is 0 Å². The van der Waals surface area contributed by atoms with Gasteiger partial charge in [0, 0.05) is 12.2 Å². The lowest BCUT2D eigenvalue weighted by molar-refractivity contribution is -0.116. The van der Waals surface area contributed by atoms with Crippen LogP contribution in [0.15, 0.2) is 59.1 Å². The van der Waals surface area contributed by atoms with E-state index in [2.05, 4.69) is 21.4 Å². The van der Waals surface area contributed by atoms with Crippen molar-refractivity contribution in [2.24, 2.45) is 0 Å². The van der Waals surface area contributed by atoms with E-state index in [1.54, 1.807) is 15.9 Å². The summed E-state index contributed by atoms with van der Waals surface area (Å²) >= 11 is 3.02. The molecule has 0 N–H and O–H groups in total. The van der Waals surface area contributed by atoms with E-state index >= 15 is 0 Å². The molecule has 1 aromatic carbocycles. The van der Waals surface area contributed by atoms with E-state index in [0.717, 1.165) is 35.6 Å². The van der Waals surface area contributed by atoms with Crippen LogP contribution in [0.4, 0.5) is 5.69 Å². The molecule has 4 aromatic rings. The molecule has 1 aliphatic rings. The number of hydrogen-bond donors (Lipinski definition) is 0. The van der Waals surface area contributed by atoms with Crippen molar-refractivity contribution in [2.75, 3.05) is 17.2 Å². The van der Waals surface area contributed by atoms with Crippen LogP contribution in [0.25, 0.3) is 16.2 Å². The Morgan fingerprint density at radius 3 is 2.93 bits per heavy atom. The molecule has 1 amide bonds. The Balaban J connectivity index is 1.36. The summed E-state index contributed by atoms with van der Waals surface area (Å²) in [5.41, 5.74) is 3.82. The zero-order valence-electron chi connectivity index (χ0n) is 15.0. The molecule has 1 aliphatic heterocycles. The summed E-state index contributed by atoms with van der Waals surface area (Å²) in [6.45, 7) is 0.762. The molecule has 0 saturated heterocycles. The van der Waals surface area contributed by atoms with Crippen molar-refractivity contribution in [1.29, 1.82) is 0 Å². The Hall–Kier alpha value is -2.71. The van der Waals surface area contributed by atoms with Crippen molar-refractivity contribution in [2.45, 2.75) is 18.0 Å². The Kier molecular flexibility index (Phi) is 4.58. The Labute approximate surface area is 170 Å². The van der Waals surface area contributed by atoms with Gasteiger partial charge < -0.3 is 4.90 Å². The molecule has 6 nitrogen and oxygen atoms in total. The van der Waals surface area contributed by atoms with E-state index in [0.29, 0.717) is 16.6 Å². The first-order chi connectivity index (χ1) is 13.8. The molecule has 0 unspecified atom stereocenters. The molecule has 4 heterocycles. The van der Waals surface area contributed by atoms with Crippen molar-refractivity contribution in [3.8, 4) is 10.6 Å². The second-order valence-corrected chi connectivity index (χ2v) is 8.40. The van der Waals surface area contributed by atoms with E-state index in [4.69, 9.17) is 0 Å². The smallest absolute Gasteiger partial charge is 0.237 e. The molecule has 0 saturated carbocycles. The Bertz CT molecular complexity index is 1140. The number of nitrogens with zero attached hydrogens (tertiary/aromatic N) is 5. The third-order valence-corrected chi connectivity index (χ3v) is 6.54. The molecule has 5 rings (SSSR count). The largest absolute Gasteiger partial charge is 0.311 e. The molecule has 3 aromatic heterocycles. The number of fused-ring (bicyclic) bond motifs is 2. The number of benzene rings is 1. The minimum atomic E-state index is 0.0864. The van der Waals surface area contributed by atoms with Gasteiger partial charge in [0.05, 0.1) is 10.6 Å². The SMILES string of the molecule is O=C(CSc1nnc2ccc(-c3cccs3)nn12)N1CCCc2ccccc21. The molecule has 0 spiro atoms. The summed E-state index contributed by atoms with van der Waals surface area (Å²) in [7, 11) is 0. The van der Waals surface area contributed by atoms with Gasteiger partial charge in [-0.05, 0) is 48.1 Å². The summed E-state index contributed by atoms with van der Waals surface area (Å²) in [6.07, 6.45) is 2.02. The van der Waals surface area contributed by atoms with Crippen LogP contribution < -0.4 is 4.90 Å². The highest BCUT2D eigenvalue weighted by Gasteiger charge is 2.23. The Morgan fingerprint density at radius 2 is 2.04 bits per heavy atom. The van der Waals surface area contributed by atoms with Crippen LogP contribution in [-0.4, -0.2) is 38.0 Å². The van der Waals surface area contributed by atoms with Crippen LogP contribution in [0.5, 0.6) is 0 Å². The second-order valence-electron chi connectivity index (χ2n) is 6.51. The zero-order chi connectivity index (χ0) is 18.9. The maximum Gasteiger partial charge on any atom is 0.237 e. The lowest BCUT2D eigenvalue weighted by Gasteiger charge is -2.29. The van der Waals surface area contributed by atoms with Crippen LogP contribution in [0.2, 0.25) is 0 Å². The summed E-state index contributed by atoms with van der Waals surface area (Å²) in [5.74, 6) is 0.392. The number of amides is 1. The highest BCUT2D eigenvalue weighted by Crippen LogP contribution is 2.28. The highest BCUT2D eigenvalue weighted by molar-refractivity contribution is 7.99. The topological polar surface area (TPSA) is 63.4 Å². The average Bonchev–Trinajstić information content (AvgIpc) is 3.41. The van der Waals surface area contributed by atoms with Gasteiger partial charge in [0.1, 0.15) is 5.69 Å². The van der Waals surface area contributed by atoms with E-state index in [9.17, 15) is 4.79 Å². The maximum absolute atomic E-state index is 12.9. The lowest BCUT2D eigenvalue weighted by atomic mass is 10.0. The first-order valence-electron chi connectivity index (χ1n) is 9.07. The van der Waals surface area contributed by atoms with Gasteiger partial charge in [-0.1, -0.05) is 36.0 Å². The molecule has 0 bridgehead atoms. The molecule has 0 radical (unpaired) electrons. The van der Waals surface area contributed by atoms with Crippen molar-refractivity contribution >= 4 is 40.3 Å². The van der Waals surface area contributed by atoms with Gasteiger partial charge in [-0.2, -0.15) is 9.61 Å². The van der Waals surface area contributed by atoms with Gasteiger partial charge in [-0.3, -0.25) is 4.79 Å². The van der Waals surface area contributed by atoms with Gasteiger partial charge in [0.2, 0.25) is 11.1 Å². The predicted octanol–water partition coefficient (Wildman–Crippen LogP) is 3.92. The standard InChI is InChI=1S/C20H17N5OS2/c26-19(24-11-3-6-14-5-1-2-7-16(14)24)13-28-20-22-21-18-10-9-15(23-25(18)20)17-8-4-12-27-17/h1-2,4-5,7-10,12H,3,6,11,13H2. The number of aromatic nitrogens is 4. The average molecular weight is 408 g/mol. The number of aryl methyl sites for hydroxylation is 1. The first kappa shape index (κ1) is 17.4. The second kappa shape index (κ2) is 7.37. The molecule has 0 atom stereocenters.